The van der Waals surface area contributed by atoms with Gasteiger partial charge in [0.15, 0.2) is 0 Å². The van der Waals surface area contributed by atoms with E-state index in [-0.39, 0.29) is 11.9 Å². The van der Waals surface area contributed by atoms with E-state index in [4.69, 9.17) is 4.74 Å². The molecule has 0 aliphatic carbocycles. The number of rotatable bonds is 6. The van der Waals surface area contributed by atoms with Crippen LogP contribution in [0.2, 0.25) is 0 Å². The van der Waals surface area contributed by atoms with E-state index in [9.17, 15) is 8.42 Å². The van der Waals surface area contributed by atoms with Gasteiger partial charge >= 0.3 is 0 Å². The van der Waals surface area contributed by atoms with Crippen molar-refractivity contribution in [2.45, 2.75) is 33.3 Å². The number of benzene rings is 1. The third-order valence-electron chi connectivity index (χ3n) is 2.40. The minimum atomic E-state index is -3.23. The van der Waals surface area contributed by atoms with Crippen molar-refractivity contribution in [1.82, 2.24) is 0 Å². The van der Waals surface area contributed by atoms with Gasteiger partial charge in [-0.05, 0) is 32.4 Å². The second-order valence-corrected chi connectivity index (χ2v) is 5.88. The monoisotopic (exact) mass is 257 g/mol. The highest BCUT2D eigenvalue weighted by molar-refractivity contribution is 7.92. The fourth-order valence-corrected chi connectivity index (χ4v) is 1.83. The zero-order valence-electron chi connectivity index (χ0n) is 10.4. The Balaban J connectivity index is 2.79. The van der Waals surface area contributed by atoms with Crippen LogP contribution in [-0.2, 0) is 10.0 Å². The summed E-state index contributed by atoms with van der Waals surface area (Å²) in [5, 5.41) is 0. The molecule has 1 unspecified atom stereocenters. The minimum Gasteiger partial charge on any atom is -0.491 e. The fraction of sp³-hybridized carbons (Fsp3) is 0.500. The molecular weight excluding hydrogens is 238 g/mol. The standard InChI is InChI=1S/C12H19NO3S/c1-4-10(3)16-12-8-6-7-11(9-12)13-17(14,15)5-2/h6-10,13H,4-5H2,1-3H3. The van der Waals surface area contributed by atoms with Gasteiger partial charge in [-0.3, -0.25) is 4.72 Å². The number of hydrogen-bond acceptors (Lipinski definition) is 3. The zero-order valence-corrected chi connectivity index (χ0v) is 11.3. The molecule has 1 N–H and O–H groups in total. The molecule has 0 aromatic heterocycles. The Morgan fingerprint density at radius 1 is 1.35 bits per heavy atom. The average Bonchev–Trinajstić information content (AvgIpc) is 2.29. The Bertz CT molecular complexity index is 457. The van der Waals surface area contributed by atoms with Gasteiger partial charge in [-0.25, -0.2) is 8.42 Å². The summed E-state index contributed by atoms with van der Waals surface area (Å²) in [4.78, 5) is 0. The van der Waals surface area contributed by atoms with Gasteiger partial charge in [-0.15, -0.1) is 0 Å². The molecule has 0 fully saturated rings. The van der Waals surface area contributed by atoms with Gasteiger partial charge in [0.25, 0.3) is 0 Å². The molecule has 96 valence electrons. The van der Waals surface area contributed by atoms with E-state index in [2.05, 4.69) is 4.72 Å². The van der Waals surface area contributed by atoms with E-state index in [0.29, 0.717) is 11.4 Å². The van der Waals surface area contributed by atoms with Crippen molar-refractivity contribution in [3.05, 3.63) is 24.3 Å². The lowest BCUT2D eigenvalue weighted by Crippen LogP contribution is -2.15. The van der Waals surface area contributed by atoms with Gasteiger partial charge in [0.05, 0.1) is 17.5 Å². The molecule has 0 saturated carbocycles. The normalized spacial score (nSPS) is 13.1. The summed E-state index contributed by atoms with van der Waals surface area (Å²) >= 11 is 0. The second kappa shape index (κ2) is 5.91. The van der Waals surface area contributed by atoms with Crippen molar-refractivity contribution in [3.63, 3.8) is 0 Å². The second-order valence-electron chi connectivity index (χ2n) is 3.87. The highest BCUT2D eigenvalue weighted by atomic mass is 32.2. The molecule has 0 saturated heterocycles. The molecule has 5 heteroatoms. The third kappa shape index (κ3) is 4.65. The molecule has 17 heavy (non-hydrogen) atoms. The van der Waals surface area contributed by atoms with E-state index < -0.39 is 10.0 Å². The Kier molecular flexibility index (Phi) is 4.81. The first kappa shape index (κ1) is 13.8. The maximum absolute atomic E-state index is 11.4. The number of anilines is 1. The molecule has 0 radical (unpaired) electrons. The summed E-state index contributed by atoms with van der Waals surface area (Å²) in [5.74, 6) is 0.736. The van der Waals surface area contributed by atoms with Crippen LogP contribution in [0.4, 0.5) is 5.69 Å². The topological polar surface area (TPSA) is 55.4 Å². The van der Waals surface area contributed by atoms with Crippen molar-refractivity contribution < 1.29 is 13.2 Å². The van der Waals surface area contributed by atoms with Crippen LogP contribution in [0, 0.1) is 0 Å². The predicted octanol–water partition coefficient (Wildman–Crippen LogP) is 2.63. The van der Waals surface area contributed by atoms with E-state index >= 15 is 0 Å². The summed E-state index contributed by atoms with van der Waals surface area (Å²) in [6, 6.07) is 6.98. The van der Waals surface area contributed by atoms with Crippen LogP contribution in [0.25, 0.3) is 0 Å². The molecule has 0 aliphatic heterocycles. The van der Waals surface area contributed by atoms with Crippen LogP contribution in [-0.4, -0.2) is 20.3 Å². The number of hydrogen-bond donors (Lipinski definition) is 1. The van der Waals surface area contributed by atoms with Crippen LogP contribution in [0.3, 0.4) is 0 Å². The fourth-order valence-electron chi connectivity index (χ4n) is 1.20. The predicted molar refractivity (Wildman–Crippen MR) is 69.9 cm³/mol. The van der Waals surface area contributed by atoms with Crippen molar-refractivity contribution in [3.8, 4) is 5.75 Å². The lowest BCUT2D eigenvalue weighted by molar-refractivity contribution is 0.217. The molecule has 0 aliphatic rings. The quantitative estimate of drug-likeness (QED) is 0.852. The lowest BCUT2D eigenvalue weighted by Gasteiger charge is -2.13. The van der Waals surface area contributed by atoms with E-state index in [1.807, 2.05) is 19.9 Å². The summed E-state index contributed by atoms with van der Waals surface area (Å²) in [5.41, 5.74) is 0.535. The molecule has 0 bridgehead atoms. The third-order valence-corrected chi connectivity index (χ3v) is 3.71. The Labute approximate surface area is 103 Å². The van der Waals surface area contributed by atoms with Crippen molar-refractivity contribution >= 4 is 15.7 Å². The summed E-state index contributed by atoms with van der Waals surface area (Å²) in [6.45, 7) is 5.61. The van der Waals surface area contributed by atoms with Gasteiger partial charge in [-0.2, -0.15) is 0 Å². The highest BCUT2D eigenvalue weighted by Crippen LogP contribution is 2.20. The summed E-state index contributed by atoms with van der Waals surface area (Å²) in [7, 11) is -3.23. The van der Waals surface area contributed by atoms with Crippen LogP contribution >= 0.6 is 0 Å². The Morgan fingerprint density at radius 2 is 2.06 bits per heavy atom. The molecule has 1 atom stereocenters. The van der Waals surface area contributed by atoms with Gasteiger partial charge in [0.1, 0.15) is 5.75 Å². The molecule has 1 rings (SSSR count). The van der Waals surface area contributed by atoms with E-state index in [0.717, 1.165) is 6.42 Å². The molecule has 0 spiro atoms. The molecule has 0 heterocycles. The molecule has 0 amide bonds. The molecular formula is C12H19NO3S. The first-order valence-corrected chi connectivity index (χ1v) is 7.39. The Hall–Kier alpha value is -1.23. The number of sulfonamides is 1. The van der Waals surface area contributed by atoms with Crippen molar-refractivity contribution in [2.75, 3.05) is 10.5 Å². The average molecular weight is 257 g/mol. The van der Waals surface area contributed by atoms with Crippen molar-refractivity contribution in [2.24, 2.45) is 0 Å². The maximum atomic E-state index is 11.4. The van der Waals surface area contributed by atoms with E-state index in [1.165, 1.54) is 0 Å². The van der Waals surface area contributed by atoms with Gasteiger partial charge in [-0.1, -0.05) is 13.0 Å². The van der Waals surface area contributed by atoms with Gasteiger partial charge < -0.3 is 4.74 Å². The SMILES string of the molecule is CCC(C)Oc1cccc(NS(=O)(=O)CC)c1. The van der Waals surface area contributed by atoms with Crippen LogP contribution in [0.5, 0.6) is 5.75 Å². The van der Waals surface area contributed by atoms with Crippen LogP contribution < -0.4 is 9.46 Å². The van der Waals surface area contributed by atoms with Gasteiger partial charge in [0, 0.05) is 6.07 Å². The summed E-state index contributed by atoms with van der Waals surface area (Å²) < 4.78 is 30.9. The minimum absolute atomic E-state index is 0.0590. The van der Waals surface area contributed by atoms with E-state index in [1.54, 1.807) is 25.1 Å². The smallest absolute Gasteiger partial charge is 0.232 e. The largest absolute Gasteiger partial charge is 0.491 e. The maximum Gasteiger partial charge on any atom is 0.232 e. The lowest BCUT2D eigenvalue weighted by atomic mass is 10.3. The highest BCUT2D eigenvalue weighted by Gasteiger charge is 2.08. The first-order valence-electron chi connectivity index (χ1n) is 5.74. The van der Waals surface area contributed by atoms with Crippen LogP contribution in [0.1, 0.15) is 27.2 Å². The summed E-state index contributed by atoms with van der Waals surface area (Å²) in [6.07, 6.45) is 1.03. The van der Waals surface area contributed by atoms with Crippen molar-refractivity contribution in [1.29, 1.82) is 0 Å². The molecule has 1 aromatic carbocycles. The number of nitrogens with one attached hydrogen (secondary N) is 1. The van der Waals surface area contributed by atoms with Crippen LogP contribution in [0.15, 0.2) is 24.3 Å². The first-order chi connectivity index (χ1) is 7.96. The number of ether oxygens (including phenoxy) is 1. The zero-order chi connectivity index (χ0) is 12.9. The van der Waals surface area contributed by atoms with Gasteiger partial charge in [0.2, 0.25) is 10.0 Å². The molecule has 1 aromatic rings. The Morgan fingerprint density at radius 3 is 2.65 bits per heavy atom. The molecule has 4 nitrogen and oxygen atoms in total.